The lowest BCUT2D eigenvalue weighted by atomic mass is 9.98. The van der Waals surface area contributed by atoms with Crippen LogP contribution >= 0.6 is 31.9 Å². The van der Waals surface area contributed by atoms with Gasteiger partial charge >= 0.3 is 0 Å². The van der Waals surface area contributed by atoms with Gasteiger partial charge in [0.2, 0.25) is 0 Å². The second-order valence-electron chi connectivity index (χ2n) is 4.27. The Kier molecular flexibility index (Phi) is 4.60. The Labute approximate surface area is 124 Å². The predicted molar refractivity (Wildman–Crippen MR) is 81.7 cm³/mol. The minimum Gasteiger partial charge on any atom is -0.388 e. The molecular formula is C15H14Br2O. The van der Waals surface area contributed by atoms with Gasteiger partial charge in [-0.15, -0.1) is 0 Å². The largest absolute Gasteiger partial charge is 0.388 e. The van der Waals surface area contributed by atoms with E-state index in [1.165, 1.54) is 0 Å². The van der Waals surface area contributed by atoms with Crippen LogP contribution in [0.1, 0.15) is 22.8 Å². The maximum Gasteiger partial charge on any atom is 0.0833 e. The van der Waals surface area contributed by atoms with Crippen molar-refractivity contribution in [2.75, 3.05) is 0 Å². The van der Waals surface area contributed by atoms with Crippen LogP contribution in [-0.2, 0) is 6.42 Å². The van der Waals surface area contributed by atoms with Crippen LogP contribution in [-0.4, -0.2) is 5.11 Å². The topological polar surface area (TPSA) is 20.2 Å². The molecule has 18 heavy (non-hydrogen) atoms. The highest BCUT2D eigenvalue weighted by atomic mass is 79.9. The fourth-order valence-electron chi connectivity index (χ4n) is 1.97. The van der Waals surface area contributed by atoms with Gasteiger partial charge < -0.3 is 5.11 Å². The Bertz CT molecular complexity index is 552. The van der Waals surface area contributed by atoms with Crippen LogP contribution in [0.15, 0.2) is 51.4 Å². The van der Waals surface area contributed by atoms with Crippen molar-refractivity contribution in [1.82, 2.24) is 0 Å². The number of benzene rings is 2. The van der Waals surface area contributed by atoms with Gasteiger partial charge in [-0.3, -0.25) is 0 Å². The molecule has 3 heteroatoms. The Hall–Kier alpha value is -0.640. The lowest BCUT2D eigenvalue weighted by Crippen LogP contribution is -2.04. The second kappa shape index (κ2) is 6.00. The average Bonchev–Trinajstić information content (AvgIpc) is 2.35. The molecule has 1 N–H and O–H groups in total. The average molecular weight is 370 g/mol. The Morgan fingerprint density at radius 2 is 1.67 bits per heavy atom. The summed E-state index contributed by atoms with van der Waals surface area (Å²) in [5.41, 5.74) is 3.18. The summed E-state index contributed by atoms with van der Waals surface area (Å²) in [5.74, 6) is 0. The molecule has 0 aromatic heterocycles. The van der Waals surface area contributed by atoms with Gasteiger partial charge in [0.1, 0.15) is 0 Å². The van der Waals surface area contributed by atoms with Crippen molar-refractivity contribution >= 4 is 31.9 Å². The van der Waals surface area contributed by atoms with E-state index in [9.17, 15) is 5.11 Å². The highest BCUT2D eigenvalue weighted by Crippen LogP contribution is 2.28. The summed E-state index contributed by atoms with van der Waals surface area (Å²) in [6.45, 7) is 2.02. The molecule has 0 saturated heterocycles. The first-order chi connectivity index (χ1) is 8.59. The predicted octanol–water partition coefficient (Wildman–Crippen LogP) is 4.80. The summed E-state index contributed by atoms with van der Waals surface area (Å²) in [5, 5.41) is 10.4. The van der Waals surface area contributed by atoms with Gasteiger partial charge in [-0.25, -0.2) is 0 Å². The minimum absolute atomic E-state index is 0.485. The number of hydrogen-bond donors (Lipinski definition) is 1. The van der Waals surface area contributed by atoms with Crippen molar-refractivity contribution in [3.8, 4) is 0 Å². The van der Waals surface area contributed by atoms with E-state index in [0.29, 0.717) is 6.42 Å². The molecule has 94 valence electrons. The summed E-state index contributed by atoms with van der Waals surface area (Å²) >= 11 is 7.00. The van der Waals surface area contributed by atoms with Crippen LogP contribution in [0.5, 0.6) is 0 Å². The molecule has 0 spiro atoms. The Morgan fingerprint density at radius 3 is 2.39 bits per heavy atom. The summed E-state index contributed by atoms with van der Waals surface area (Å²) in [7, 11) is 0. The van der Waals surface area contributed by atoms with Gasteiger partial charge in [0.15, 0.2) is 0 Å². The highest BCUT2D eigenvalue weighted by molar-refractivity contribution is 9.10. The van der Waals surface area contributed by atoms with Gasteiger partial charge in [0, 0.05) is 15.4 Å². The molecule has 2 aromatic rings. The smallest absolute Gasteiger partial charge is 0.0833 e. The fraction of sp³-hybridized carbons (Fsp3) is 0.200. The summed E-state index contributed by atoms with van der Waals surface area (Å²) < 4.78 is 2.07. The molecule has 0 saturated carbocycles. The van der Waals surface area contributed by atoms with E-state index in [1.807, 2.05) is 49.4 Å². The molecular weight excluding hydrogens is 356 g/mol. The minimum atomic E-state index is -0.485. The molecule has 1 unspecified atom stereocenters. The first-order valence-electron chi connectivity index (χ1n) is 5.76. The summed E-state index contributed by atoms with van der Waals surface area (Å²) in [6, 6.07) is 13.9. The van der Waals surface area contributed by atoms with E-state index in [4.69, 9.17) is 0 Å². The van der Waals surface area contributed by atoms with Crippen molar-refractivity contribution in [1.29, 1.82) is 0 Å². The van der Waals surface area contributed by atoms with Crippen LogP contribution < -0.4 is 0 Å². The van der Waals surface area contributed by atoms with Gasteiger partial charge in [-0.1, -0.05) is 62.2 Å². The molecule has 0 aliphatic carbocycles. The normalized spacial score (nSPS) is 12.4. The quantitative estimate of drug-likeness (QED) is 0.824. The van der Waals surface area contributed by atoms with Crippen LogP contribution in [0.3, 0.4) is 0 Å². The van der Waals surface area contributed by atoms with Gasteiger partial charge in [0.05, 0.1) is 6.10 Å². The molecule has 0 radical (unpaired) electrons. The monoisotopic (exact) mass is 368 g/mol. The van der Waals surface area contributed by atoms with Crippen LogP contribution in [0.25, 0.3) is 0 Å². The van der Waals surface area contributed by atoms with E-state index in [2.05, 4.69) is 31.9 Å². The van der Waals surface area contributed by atoms with Crippen molar-refractivity contribution in [2.24, 2.45) is 0 Å². The van der Waals surface area contributed by atoms with Crippen molar-refractivity contribution in [3.05, 3.63) is 68.1 Å². The number of halogens is 2. The number of hydrogen-bond acceptors (Lipinski definition) is 1. The fourth-order valence-corrected chi connectivity index (χ4v) is 2.80. The molecule has 0 aliphatic heterocycles. The highest BCUT2D eigenvalue weighted by Gasteiger charge is 2.13. The molecule has 0 fully saturated rings. The van der Waals surface area contributed by atoms with E-state index in [0.717, 1.165) is 25.6 Å². The van der Waals surface area contributed by atoms with E-state index in [-0.39, 0.29) is 0 Å². The van der Waals surface area contributed by atoms with E-state index >= 15 is 0 Å². The van der Waals surface area contributed by atoms with E-state index in [1.54, 1.807) is 0 Å². The van der Waals surface area contributed by atoms with Crippen molar-refractivity contribution < 1.29 is 5.11 Å². The second-order valence-corrected chi connectivity index (χ2v) is 5.97. The van der Waals surface area contributed by atoms with Gasteiger partial charge in [-0.05, 0) is 35.7 Å². The van der Waals surface area contributed by atoms with Crippen molar-refractivity contribution in [2.45, 2.75) is 19.4 Å². The maximum absolute atomic E-state index is 10.4. The van der Waals surface area contributed by atoms with Crippen LogP contribution in [0.2, 0.25) is 0 Å². The van der Waals surface area contributed by atoms with Crippen LogP contribution in [0.4, 0.5) is 0 Å². The third kappa shape index (κ3) is 3.02. The first-order valence-corrected chi connectivity index (χ1v) is 7.34. The van der Waals surface area contributed by atoms with Crippen molar-refractivity contribution in [3.63, 3.8) is 0 Å². The molecule has 2 rings (SSSR count). The zero-order chi connectivity index (χ0) is 13.1. The first kappa shape index (κ1) is 13.8. The number of aliphatic hydroxyl groups excluding tert-OH is 1. The molecule has 1 nitrogen and oxygen atoms in total. The molecule has 0 aliphatic rings. The maximum atomic E-state index is 10.4. The summed E-state index contributed by atoms with van der Waals surface area (Å²) in [4.78, 5) is 0. The lowest BCUT2D eigenvalue weighted by Gasteiger charge is -2.15. The standard InChI is InChI=1S/C15H14Br2O/c1-10-12(6-4-8-13(10)16)15(18)9-11-5-2-3-7-14(11)17/h2-8,15,18H,9H2,1H3. The third-order valence-electron chi connectivity index (χ3n) is 3.04. The zero-order valence-corrected chi connectivity index (χ0v) is 13.2. The van der Waals surface area contributed by atoms with Crippen LogP contribution in [0, 0.1) is 6.92 Å². The lowest BCUT2D eigenvalue weighted by molar-refractivity contribution is 0.177. The number of rotatable bonds is 3. The SMILES string of the molecule is Cc1c(Br)cccc1C(O)Cc1ccccc1Br. The molecule has 1 atom stereocenters. The number of aliphatic hydroxyl groups is 1. The Balaban J connectivity index is 2.25. The van der Waals surface area contributed by atoms with Gasteiger partial charge in [-0.2, -0.15) is 0 Å². The van der Waals surface area contributed by atoms with Gasteiger partial charge in [0.25, 0.3) is 0 Å². The Morgan fingerprint density at radius 1 is 1.00 bits per heavy atom. The van der Waals surface area contributed by atoms with E-state index < -0.39 is 6.10 Å². The molecule has 2 aromatic carbocycles. The zero-order valence-electron chi connectivity index (χ0n) is 10.0. The molecule has 0 bridgehead atoms. The molecule has 0 amide bonds. The third-order valence-corrected chi connectivity index (χ3v) is 4.67. The molecule has 0 heterocycles. The summed E-state index contributed by atoms with van der Waals surface area (Å²) in [6.07, 6.45) is 0.125.